The molecule has 0 aliphatic carbocycles. The molecule has 0 bridgehead atoms. The van der Waals surface area contributed by atoms with Gasteiger partial charge in [0.25, 0.3) is 0 Å². The van der Waals surface area contributed by atoms with E-state index >= 15 is 0 Å². The standard InChI is InChI=1S/C16H17F2NO2/c1-11(19-13-4-3-5-15(10-13)20-2)12-6-8-14(9-7-12)21-16(17)18/h3-11,16,19H,1-2H3. The molecule has 0 radical (unpaired) electrons. The van der Waals surface area contributed by atoms with Crippen LogP contribution in [-0.4, -0.2) is 13.7 Å². The molecule has 2 aromatic carbocycles. The molecular weight excluding hydrogens is 276 g/mol. The van der Waals surface area contributed by atoms with Crippen LogP contribution in [0, 0.1) is 0 Å². The average Bonchev–Trinajstić information content (AvgIpc) is 2.47. The fraction of sp³-hybridized carbons (Fsp3) is 0.250. The van der Waals surface area contributed by atoms with Gasteiger partial charge in [0.05, 0.1) is 7.11 Å². The number of alkyl halides is 2. The molecule has 112 valence electrons. The van der Waals surface area contributed by atoms with Crippen LogP contribution in [0.5, 0.6) is 11.5 Å². The van der Waals surface area contributed by atoms with Gasteiger partial charge in [-0.3, -0.25) is 0 Å². The molecule has 1 atom stereocenters. The zero-order valence-electron chi connectivity index (χ0n) is 11.8. The van der Waals surface area contributed by atoms with E-state index in [9.17, 15) is 8.78 Å². The summed E-state index contributed by atoms with van der Waals surface area (Å²) in [7, 11) is 1.62. The Balaban J connectivity index is 2.03. The van der Waals surface area contributed by atoms with Crippen molar-refractivity contribution in [2.24, 2.45) is 0 Å². The summed E-state index contributed by atoms with van der Waals surface area (Å²) < 4.78 is 33.7. The number of anilines is 1. The van der Waals surface area contributed by atoms with Gasteiger partial charge in [-0.25, -0.2) is 0 Å². The van der Waals surface area contributed by atoms with Gasteiger partial charge < -0.3 is 14.8 Å². The topological polar surface area (TPSA) is 30.5 Å². The predicted octanol–water partition coefficient (Wildman–Crippen LogP) is 4.47. The smallest absolute Gasteiger partial charge is 0.387 e. The van der Waals surface area contributed by atoms with E-state index in [1.807, 2.05) is 31.2 Å². The second-order valence-corrected chi connectivity index (χ2v) is 4.55. The highest BCUT2D eigenvalue weighted by Gasteiger charge is 2.08. The fourth-order valence-electron chi connectivity index (χ4n) is 1.98. The van der Waals surface area contributed by atoms with Crippen LogP contribution in [0.15, 0.2) is 48.5 Å². The van der Waals surface area contributed by atoms with Gasteiger partial charge in [-0.15, -0.1) is 0 Å². The van der Waals surface area contributed by atoms with Crippen LogP contribution >= 0.6 is 0 Å². The van der Waals surface area contributed by atoms with E-state index in [1.54, 1.807) is 19.2 Å². The molecular formula is C16H17F2NO2. The number of methoxy groups -OCH3 is 1. The van der Waals surface area contributed by atoms with Crippen molar-refractivity contribution in [1.29, 1.82) is 0 Å². The second-order valence-electron chi connectivity index (χ2n) is 4.55. The molecule has 0 aliphatic rings. The number of ether oxygens (including phenoxy) is 2. The molecule has 0 amide bonds. The Morgan fingerprint density at radius 1 is 1.00 bits per heavy atom. The summed E-state index contributed by atoms with van der Waals surface area (Å²) in [6.45, 7) is -0.814. The van der Waals surface area contributed by atoms with E-state index in [2.05, 4.69) is 10.1 Å². The maximum Gasteiger partial charge on any atom is 0.387 e. The Bertz CT molecular complexity index is 573. The lowest BCUT2D eigenvalue weighted by Gasteiger charge is -2.16. The largest absolute Gasteiger partial charge is 0.497 e. The van der Waals surface area contributed by atoms with E-state index in [1.165, 1.54) is 12.1 Å². The van der Waals surface area contributed by atoms with Crippen molar-refractivity contribution in [2.75, 3.05) is 12.4 Å². The lowest BCUT2D eigenvalue weighted by atomic mass is 10.1. The van der Waals surface area contributed by atoms with Gasteiger partial charge in [0, 0.05) is 17.8 Å². The molecule has 0 saturated carbocycles. The summed E-state index contributed by atoms with van der Waals surface area (Å²) in [6.07, 6.45) is 0. The van der Waals surface area contributed by atoms with Crippen molar-refractivity contribution in [2.45, 2.75) is 19.6 Å². The minimum atomic E-state index is -2.80. The first-order chi connectivity index (χ1) is 10.1. The minimum Gasteiger partial charge on any atom is -0.497 e. The molecule has 0 spiro atoms. The van der Waals surface area contributed by atoms with Crippen molar-refractivity contribution >= 4 is 5.69 Å². The molecule has 2 aromatic rings. The summed E-state index contributed by atoms with van der Waals surface area (Å²) in [5, 5.41) is 3.32. The number of nitrogens with one attached hydrogen (secondary N) is 1. The molecule has 0 fully saturated rings. The highest BCUT2D eigenvalue weighted by Crippen LogP contribution is 2.24. The van der Waals surface area contributed by atoms with Gasteiger partial charge in [-0.05, 0) is 36.8 Å². The van der Waals surface area contributed by atoms with Gasteiger partial charge >= 0.3 is 6.61 Å². The Morgan fingerprint density at radius 3 is 2.33 bits per heavy atom. The zero-order valence-corrected chi connectivity index (χ0v) is 11.8. The van der Waals surface area contributed by atoms with E-state index in [0.717, 1.165) is 17.0 Å². The lowest BCUT2D eigenvalue weighted by molar-refractivity contribution is -0.0498. The fourth-order valence-corrected chi connectivity index (χ4v) is 1.98. The van der Waals surface area contributed by atoms with Gasteiger partial charge in [0.15, 0.2) is 0 Å². The average molecular weight is 293 g/mol. The van der Waals surface area contributed by atoms with E-state index < -0.39 is 6.61 Å². The van der Waals surface area contributed by atoms with E-state index in [0.29, 0.717) is 0 Å². The summed E-state index contributed by atoms with van der Waals surface area (Å²) in [6, 6.07) is 14.2. The maximum atomic E-state index is 12.1. The third-order valence-electron chi connectivity index (χ3n) is 3.06. The van der Waals surface area contributed by atoms with Crippen LogP contribution in [-0.2, 0) is 0 Å². The molecule has 5 heteroatoms. The number of hydrogen-bond acceptors (Lipinski definition) is 3. The first kappa shape index (κ1) is 15.1. The monoisotopic (exact) mass is 293 g/mol. The second kappa shape index (κ2) is 6.92. The molecule has 0 aromatic heterocycles. The van der Waals surface area contributed by atoms with Crippen LogP contribution in [0.3, 0.4) is 0 Å². The Kier molecular flexibility index (Phi) is 4.98. The molecule has 0 aliphatic heterocycles. The SMILES string of the molecule is COc1cccc(NC(C)c2ccc(OC(F)F)cc2)c1. The lowest BCUT2D eigenvalue weighted by Crippen LogP contribution is -2.07. The zero-order chi connectivity index (χ0) is 15.2. The van der Waals surface area contributed by atoms with Crippen molar-refractivity contribution in [3.8, 4) is 11.5 Å². The van der Waals surface area contributed by atoms with Crippen molar-refractivity contribution in [3.63, 3.8) is 0 Å². The number of halogens is 2. The number of hydrogen-bond donors (Lipinski definition) is 1. The molecule has 1 N–H and O–H groups in total. The van der Waals surface area contributed by atoms with Crippen molar-refractivity contribution in [3.05, 3.63) is 54.1 Å². The Hall–Kier alpha value is -2.30. The quantitative estimate of drug-likeness (QED) is 0.852. The summed E-state index contributed by atoms with van der Waals surface area (Å²) >= 11 is 0. The number of benzene rings is 2. The number of rotatable bonds is 6. The van der Waals surface area contributed by atoms with E-state index in [-0.39, 0.29) is 11.8 Å². The third-order valence-corrected chi connectivity index (χ3v) is 3.06. The normalized spacial score (nSPS) is 12.0. The van der Waals surface area contributed by atoms with Crippen LogP contribution in [0.1, 0.15) is 18.5 Å². The minimum absolute atomic E-state index is 0.0257. The first-order valence-corrected chi connectivity index (χ1v) is 6.54. The van der Waals surface area contributed by atoms with Gasteiger partial charge in [-0.2, -0.15) is 8.78 Å². The van der Waals surface area contributed by atoms with Crippen LogP contribution < -0.4 is 14.8 Å². The van der Waals surface area contributed by atoms with Gasteiger partial charge in [-0.1, -0.05) is 18.2 Å². The molecule has 3 nitrogen and oxygen atoms in total. The molecule has 0 saturated heterocycles. The first-order valence-electron chi connectivity index (χ1n) is 6.54. The molecule has 0 heterocycles. The van der Waals surface area contributed by atoms with Crippen LogP contribution in [0.2, 0.25) is 0 Å². The maximum absolute atomic E-state index is 12.1. The Labute approximate surface area is 122 Å². The summed E-state index contributed by atoms with van der Waals surface area (Å²) in [4.78, 5) is 0. The summed E-state index contributed by atoms with van der Waals surface area (Å²) in [5.41, 5.74) is 1.90. The van der Waals surface area contributed by atoms with Crippen LogP contribution in [0.4, 0.5) is 14.5 Å². The van der Waals surface area contributed by atoms with Crippen molar-refractivity contribution in [1.82, 2.24) is 0 Å². The predicted molar refractivity (Wildman–Crippen MR) is 78.1 cm³/mol. The molecule has 1 unspecified atom stereocenters. The molecule has 2 rings (SSSR count). The summed E-state index contributed by atoms with van der Waals surface area (Å²) in [5.74, 6) is 0.926. The third kappa shape index (κ3) is 4.34. The van der Waals surface area contributed by atoms with E-state index in [4.69, 9.17) is 4.74 Å². The molecule has 21 heavy (non-hydrogen) atoms. The van der Waals surface area contributed by atoms with Gasteiger partial charge in [0.2, 0.25) is 0 Å². The highest BCUT2D eigenvalue weighted by molar-refractivity contribution is 5.50. The van der Waals surface area contributed by atoms with Gasteiger partial charge in [0.1, 0.15) is 11.5 Å². The van der Waals surface area contributed by atoms with Crippen LogP contribution in [0.25, 0.3) is 0 Å². The Morgan fingerprint density at radius 2 is 1.71 bits per heavy atom. The highest BCUT2D eigenvalue weighted by atomic mass is 19.3. The van der Waals surface area contributed by atoms with Crippen molar-refractivity contribution < 1.29 is 18.3 Å².